The number of benzene rings is 1. The first-order chi connectivity index (χ1) is 10.9. The number of para-hydroxylation sites is 1. The third-order valence-electron chi connectivity index (χ3n) is 3.65. The monoisotopic (exact) mass is 320 g/mol. The van der Waals surface area contributed by atoms with Crippen LogP contribution in [0.2, 0.25) is 0 Å². The van der Waals surface area contributed by atoms with E-state index in [0.29, 0.717) is 32.0 Å². The molecule has 0 fully saturated rings. The van der Waals surface area contributed by atoms with Gasteiger partial charge in [0.1, 0.15) is 5.75 Å². The molecule has 5 nitrogen and oxygen atoms in total. The molecule has 0 unspecified atom stereocenters. The minimum Gasteiger partial charge on any atom is -0.496 e. The molecule has 0 atom stereocenters. The quantitative estimate of drug-likeness (QED) is 0.761. The molecule has 1 aromatic carbocycles. The molecule has 0 aliphatic rings. The average molecular weight is 320 g/mol. The van der Waals surface area contributed by atoms with Crippen molar-refractivity contribution in [2.75, 3.05) is 20.2 Å². The first-order valence-corrected chi connectivity index (χ1v) is 8.08. The highest BCUT2D eigenvalue weighted by Gasteiger charge is 2.14. The second-order valence-electron chi connectivity index (χ2n) is 6.03. The number of ether oxygens (including phenoxy) is 1. The van der Waals surface area contributed by atoms with Crippen LogP contribution in [0.5, 0.6) is 5.75 Å². The SMILES string of the molecule is COc1ccccc1CN(CCC(=O)NCCC(C)C)C(C)=O. The van der Waals surface area contributed by atoms with E-state index in [1.54, 1.807) is 12.0 Å². The molecule has 2 amide bonds. The molecular weight excluding hydrogens is 292 g/mol. The zero-order valence-electron chi connectivity index (χ0n) is 14.6. The number of carbonyl (C=O) groups is 2. The van der Waals surface area contributed by atoms with Crippen LogP contribution in [-0.2, 0) is 16.1 Å². The third-order valence-corrected chi connectivity index (χ3v) is 3.65. The Balaban J connectivity index is 2.52. The molecule has 1 rings (SSSR count). The van der Waals surface area contributed by atoms with Gasteiger partial charge >= 0.3 is 0 Å². The van der Waals surface area contributed by atoms with Gasteiger partial charge in [-0.1, -0.05) is 32.0 Å². The lowest BCUT2D eigenvalue weighted by Crippen LogP contribution is -2.34. The molecule has 1 N–H and O–H groups in total. The van der Waals surface area contributed by atoms with Gasteiger partial charge in [-0.15, -0.1) is 0 Å². The van der Waals surface area contributed by atoms with E-state index in [2.05, 4.69) is 19.2 Å². The van der Waals surface area contributed by atoms with Crippen molar-refractivity contribution in [2.45, 2.75) is 40.2 Å². The number of nitrogens with one attached hydrogen (secondary N) is 1. The summed E-state index contributed by atoms with van der Waals surface area (Å²) in [5, 5.41) is 2.89. The Morgan fingerprint density at radius 3 is 2.57 bits per heavy atom. The van der Waals surface area contributed by atoms with Crippen LogP contribution >= 0.6 is 0 Å². The van der Waals surface area contributed by atoms with Crippen molar-refractivity contribution in [1.29, 1.82) is 0 Å². The van der Waals surface area contributed by atoms with Crippen molar-refractivity contribution in [3.05, 3.63) is 29.8 Å². The molecule has 0 spiro atoms. The van der Waals surface area contributed by atoms with Gasteiger partial charge in [-0.05, 0) is 18.4 Å². The Labute approximate surface area is 139 Å². The lowest BCUT2D eigenvalue weighted by atomic mass is 10.1. The summed E-state index contributed by atoms with van der Waals surface area (Å²) in [4.78, 5) is 25.3. The number of amides is 2. The van der Waals surface area contributed by atoms with Crippen LogP contribution in [0.15, 0.2) is 24.3 Å². The fraction of sp³-hybridized carbons (Fsp3) is 0.556. The Morgan fingerprint density at radius 2 is 1.96 bits per heavy atom. The van der Waals surface area contributed by atoms with E-state index in [1.165, 1.54) is 6.92 Å². The highest BCUT2D eigenvalue weighted by Crippen LogP contribution is 2.19. The van der Waals surface area contributed by atoms with Gasteiger partial charge in [-0.25, -0.2) is 0 Å². The van der Waals surface area contributed by atoms with Crippen LogP contribution in [0, 0.1) is 5.92 Å². The molecule has 1 aromatic rings. The summed E-state index contributed by atoms with van der Waals surface area (Å²) < 4.78 is 5.31. The predicted molar refractivity (Wildman–Crippen MR) is 91.2 cm³/mol. The lowest BCUT2D eigenvalue weighted by Gasteiger charge is -2.22. The summed E-state index contributed by atoms with van der Waals surface area (Å²) >= 11 is 0. The van der Waals surface area contributed by atoms with Gasteiger partial charge in [-0.2, -0.15) is 0 Å². The average Bonchev–Trinajstić information content (AvgIpc) is 2.51. The summed E-state index contributed by atoms with van der Waals surface area (Å²) in [5.41, 5.74) is 0.936. The van der Waals surface area contributed by atoms with Gasteiger partial charge in [0, 0.05) is 38.5 Å². The third kappa shape index (κ3) is 7.17. The highest BCUT2D eigenvalue weighted by molar-refractivity contribution is 5.78. The van der Waals surface area contributed by atoms with Crippen LogP contribution in [0.1, 0.15) is 39.2 Å². The normalized spacial score (nSPS) is 10.5. The maximum absolute atomic E-state index is 11.9. The largest absolute Gasteiger partial charge is 0.496 e. The molecule has 0 aliphatic carbocycles. The molecule has 0 radical (unpaired) electrons. The number of hydrogen-bond donors (Lipinski definition) is 1. The molecule has 0 heterocycles. The predicted octanol–water partition coefficient (Wildman–Crippen LogP) is 2.60. The van der Waals surface area contributed by atoms with Gasteiger partial charge in [0.15, 0.2) is 0 Å². The molecule has 5 heteroatoms. The molecule has 0 saturated heterocycles. The van der Waals surface area contributed by atoms with Gasteiger partial charge in [0.2, 0.25) is 11.8 Å². The second kappa shape index (κ2) is 9.87. The van der Waals surface area contributed by atoms with E-state index in [1.807, 2.05) is 24.3 Å². The Bertz CT molecular complexity index is 515. The van der Waals surface area contributed by atoms with E-state index in [9.17, 15) is 9.59 Å². The summed E-state index contributed by atoms with van der Waals surface area (Å²) in [6, 6.07) is 7.60. The summed E-state index contributed by atoms with van der Waals surface area (Å²) in [5.74, 6) is 1.25. The number of nitrogens with zero attached hydrogens (tertiary/aromatic N) is 1. The van der Waals surface area contributed by atoms with Crippen molar-refractivity contribution < 1.29 is 14.3 Å². The zero-order chi connectivity index (χ0) is 17.2. The van der Waals surface area contributed by atoms with Crippen molar-refractivity contribution in [2.24, 2.45) is 5.92 Å². The summed E-state index contributed by atoms with van der Waals surface area (Å²) in [6.45, 7) is 7.29. The van der Waals surface area contributed by atoms with Crippen LogP contribution in [-0.4, -0.2) is 36.9 Å². The van der Waals surface area contributed by atoms with Crippen LogP contribution in [0.4, 0.5) is 0 Å². The minimum absolute atomic E-state index is 0.0167. The number of hydrogen-bond acceptors (Lipinski definition) is 3. The van der Waals surface area contributed by atoms with Gasteiger partial charge in [0.25, 0.3) is 0 Å². The van der Waals surface area contributed by atoms with Crippen LogP contribution in [0.3, 0.4) is 0 Å². The topological polar surface area (TPSA) is 58.6 Å². The Hall–Kier alpha value is -2.04. The molecule has 0 aromatic heterocycles. The van der Waals surface area contributed by atoms with Crippen molar-refractivity contribution >= 4 is 11.8 Å². The van der Waals surface area contributed by atoms with E-state index in [0.717, 1.165) is 17.7 Å². The maximum Gasteiger partial charge on any atom is 0.221 e. The minimum atomic E-state index is -0.0501. The van der Waals surface area contributed by atoms with E-state index < -0.39 is 0 Å². The van der Waals surface area contributed by atoms with Gasteiger partial charge in [-0.3, -0.25) is 9.59 Å². The summed E-state index contributed by atoms with van der Waals surface area (Å²) in [6.07, 6.45) is 1.27. The molecule has 0 bridgehead atoms. The fourth-order valence-corrected chi connectivity index (χ4v) is 2.21. The van der Waals surface area contributed by atoms with E-state index in [-0.39, 0.29) is 11.8 Å². The first-order valence-electron chi connectivity index (χ1n) is 8.08. The molecule has 23 heavy (non-hydrogen) atoms. The first kappa shape index (κ1) is 19.0. The van der Waals surface area contributed by atoms with Gasteiger partial charge in [0.05, 0.1) is 7.11 Å². The van der Waals surface area contributed by atoms with E-state index in [4.69, 9.17) is 4.74 Å². The number of methoxy groups -OCH3 is 1. The van der Waals surface area contributed by atoms with Crippen molar-refractivity contribution in [3.63, 3.8) is 0 Å². The van der Waals surface area contributed by atoms with Crippen LogP contribution in [0.25, 0.3) is 0 Å². The highest BCUT2D eigenvalue weighted by atomic mass is 16.5. The number of carbonyl (C=O) groups excluding carboxylic acids is 2. The lowest BCUT2D eigenvalue weighted by molar-refractivity contribution is -0.130. The van der Waals surface area contributed by atoms with E-state index >= 15 is 0 Å². The molecule has 0 saturated carbocycles. The smallest absolute Gasteiger partial charge is 0.221 e. The van der Waals surface area contributed by atoms with Crippen molar-refractivity contribution in [3.8, 4) is 5.75 Å². The maximum atomic E-state index is 11.9. The Morgan fingerprint density at radius 1 is 1.26 bits per heavy atom. The molecule has 0 aliphatic heterocycles. The summed E-state index contributed by atoms with van der Waals surface area (Å²) in [7, 11) is 1.61. The Kier molecular flexibility index (Phi) is 8.16. The fourth-order valence-electron chi connectivity index (χ4n) is 2.21. The second-order valence-corrected chi connectivity index (χ2v) is 6.03. The number of rotatable bonds is 9. The van der Waals surface area contributed by atoms with Crippen LogP contribution < -0.4 is 10.1 Å². The molecular formula is C18H28N2O3. The molecule has 128 valence electrons. The zero-order valence-corrected chi connectivity index (χ0v) is 14.6. The van der Waals surface area contributed by atoms with Crippen molar-refractivity contribution in [1.82, 2.24) is 10.2 Å². The van der Waals surface area contributed by atoms with Gasteiger partial charge < -0.3 is 15.0 Å². The standard InChI is InChI=1S/C18H28N2O3/c1-14(2)9-11-19-18(22)10-12-20(15(3)21)13-16-7-5-6-8-17(16)23-4/h5-8,14H,9-13H2,1-4H3,(H,19,22).